The summed E-state index contributed by atoms with van der Waals surface area (Å²) in [5, 5.41) is 3.98. The van der Waals surface area contributed by atoms with E-state index in [1.54, 1.807) is 4.90 Å². The average molecular weight is 601 g/mol. The smallest absolute Gasteiger partial charge is 0.240 e. The van der Waals surface area contributed by atoms with Crippen LogP contribution in [-0.2, 0) is 19.1 Å². The van der Waals surface area contributed by atoms with Gasteiger partial charge in [-0.05, 0) is 82.4 Å². The number of likely N-dealkylation sites (tertiary alicyclic amines) is 2. The molecule has 0 radical (unpaired) electrons. The quantitative estimate of drug-likeness (QED) is 0.505. The van der Waals surface area contributed by atoms with Crippen LogP contribution >= 0.6 is 11.6 Å². The summed E-state index contributed by atoms with van der Waals surface area (Å²) in [5.74, 6) is 0.161. The number of ether oxygens (including phenoxy) is 1. The lowest BCUT2D eigenvalue weighted by Gasteiger charge is -2.45. The van der Waals surface area contributed by atoms with Gasteiger partial charge in [0.2, 0.25) is 17.7 Å². The molecule has 3 saturated heterocycles. The lowest BCUT2D eigenvalue weighted by Crippen LogP contribution is -2.53. The molecule has 232 valence electrons. The van der Waals surface area contributed by atoms with Crippen LogP contribution in [0.25, 0.3) is 0 Å². The summed E-state index contributed by atoms with van der Waals surface area (Å²) in [7, 11) is 0. The highest BCUT2D eigenvalue weighted by atomic mass is 35.5. The van der Waals surface area contributed by atoms with Crippen LogP contribution in [0.1, 0.15) is 84.1 Å². The standard InChI is InChI=1S/C33H49ClN4O4/c1-21-5-9-23(10-6-21)33(13-15-42-16-14-33)31(41)36-25-17-28(29(35)39)38(18-25)30(40)27-20-37(32(2,3)4)19-26(27)22-7-11-24(34)12-8-22/h7-8,11-12,21,23,25-28H,5-6,9-10,13-20H2,1-4H3,(H2,35,39)(H,36,41)/t21?,23?,25-,26-,27+,28-/m0/s1. The van der Waals surface area contributed by atoms with Gasteiger partial charge in [0.25, 0.3) is 0 Å². The van der Waals surface area contributed by atoms with Crippen LogP contribution in [0, 0.1) is 23.2 Å². The van der Waals surface area contributed by atoms with Gasteiger partial charge in [0, 0.05) is 55.4 Å². The third-order valence-electron chi connectivity index (χ3n) is 10.8. The Hall–Kier alpha value is -2.16. The highest BCUT2D eigenvalue weighted by Gasteiger charge is 2.51. The monoisotopic (exact) mass is 600 g/mol. The molecule has 1 aromatic rings. The number of rotatable bonds is 6. The van der Waals surface area contributed by atoms with Crippen molar-refractivity contribution in [3.63, 3.8) is 0 Å². The Labute approximate surface area is 256 Å². The van der Waals surface area contributed by atoms with Gasteiger partial charge in [-0.15, -0.1) is 0 Å². The molecule has 0 unspecified atom stereocenters. The molecule has 1 aromatic carbocycles. The summed E-state index contributed by atoms with van der Waals surface area (Å²) in [6.45, 7) is 11.6. The van der Waals surface area contributed by atoms with E-state index in [0.717, 1.165) is 50.6 Å². The highest BCUT2D eigenvalue weighted by Crippen LogP contribution is 2.47. The molecule has 3 N–H and O–H groups in total. The maximum Gasteiger partial charge on any atom is 0.240 e. The lowest BCUT2D eigenvalue weighted by atomic mass is 9.63. The summed E-state index contributed by atoms with van der Waals surface area (Å²) >= 11 is 6.18. The summed E-state index contributed by atoms with van der Waals surface area (Å²) in [4.78, 5) is 45.1. The van der Waals surface area contributed by atoms with E-state index in [9.17, 15) is 14.4 Å². The van der Waals surface area contributed by atoms with E-state index >= 15 is 0 Å². The van der Waals surface area contributed by atoms with Crippen molar-refractivity contribution in [1.29, 1.82) is 0 Å². The van der Waals surface area contributed by atoms with Crippen LogP contribution in [0.5, 0.6) is 0 Å². The van der Waals surface area contributed by atoms with Gasteiger partial charge >= 0.3 is 0 Å². The Morgan fingerprint density at radius 2 is 1.64 bits per heavy atom. The van der Waals surface area contributed by atoms with E-state index in [0.29, 0.717) is 49.6 Å². The molecular weight excluding hydrogens is 552 g/mol. The Morgan fingerprint density at radius 3 is 2.24 bits per heavy atom. The Kier molecular flexibility index (Phi) is 9.27. The summed E-state index contributed by atoms with van der Waals surface area (Å²) in [6, 6.07) is 6.68. The number of carbonyl (C=O) groups is 3. The number of amides is 3. The molecule has 3 aliphatic heterocycles. The van der Waals surface area contributed by atoms with Gasteiger partial charge in [-0.2, -0.15) is 0 Å². The molecular formula is C33H49ClN4O4. The van der Waals surface area contributed by atoms with Crippen LogP contribution in [0.4, 0.5) is 0 Å². The van der Waals surface area contributed by atoms with E-state index < -0.39 is 17.4 Å². The Balaban J connectivity index is 1.34. The van der Waals surface area contributed by atoms with Crippen LogP contribution < -0.4 is 11.1 Å². The van der Waals surface area contributed by atoms with E-state index in [1.165, 1.54) is 0 Å². The van der Waals surface area contributed by atoms with Gasteiger partial charge in [0.05, 0.1) is 11.3 Å². The fourth-order valence-electron chi connectivity index (χ4n) is 8.01. The molecule has 1 aliphatic carbocycles. The van der Waals surface area contributed by atoms with Gasteiger partial charge in [-0.1, -0.05) is 43.5 Å². The largest absolute Gasteiger partial charge is 0.381 e. The van der Waals surface area contributed by atoms with Crippen LogP contribution in [0.3, 0.4) is 0 Å². The van der Waals surface area contributed by atoms with Crippen molar-refractivity contribution in [1.82, 2.24) is 15.1 Å². The fraction of sp³-hybridized carbons (Fsp3) is 0.727. The highest BCUT2D eigenvalue weighted by molar-refractivity contribution is 6.30. The molecule has 8 nitrogen and oxygen atoms in total. The number of nitrogens with two attached hydrogens (primary N) is 1. The Morgan fingerprint density at radius 1 is 1.00 bits per heavy atom. The summed E-state index contributed by atoms with van der Waals surface area (Å²) in [6.07, 6.45) is 6.22. The fourth-order valence-corrected chi connectivity index (χ4v) is 8.14. The third-order valence-corrected chi connectivity index (χ3v) is 11.0. The molecule has 3 heterocycles. The maximum absolute atomic E-state index is 14.3. The lowest BCUT2D eigenvalue weighted by molar-refractivity contribution is -0.144. The zero-order chi connectivity index (χ0) is 30.2. The first-order valence-corrected chi connectivity index (χ1v) is 16.3. The normalized spacial score (nSPS) is 32.1. The number of benzene rings is 1. The van der Waals surface area contributed by atoms with Crippen molar-refractivity contribution in [2.45, 2.75) is 96.2 Å². The molecule has 0 bridgehead atoms. The van der Waals surface area contributed by atoms with Crippen LogP contribution in [0.15, 0.2) is 24.3 Å². The minimum absolute atomic E-state index is 0.0321. The molecule has 0 aromatic heterocycles. The number of hydrogen-bond donors (Lipinski definition) is 2. The number of carbonyl (C=O) groups excluding carboxylic acids is 3. The van der Waals surface area contributed by atoms with Crippen molar-refractivity contribution in [2.75, 3.05) is 32.8 Å². The molecule has 4 atom stereocenters. The summed E-state index contributed by atoms with van der Waals surface area (Å²) in [5.41, 5.74) is 6.39. The van der Waals surface area contributed by atoms with Gasteiger partial charge in [-0.25, -0.2) is 0 Å². The SMILES string of the molecule is CC1CCC(C2(C(=O)N[C@H]3C[C@@H](C(N)=O)N(C(=O)[C@@H]4CN(C(C)(C)C)C[C@H]4c4ccc(Cl)cc4)C3)CCOCC2)CC1. The van der Waals surface area contributed by atoms with Crippen LogP contribution in [0.2, 0.25) is 5.02 Å². The maximum atomic E-state index is 14.3. The van der Waals surface area contributed by atoms with E-state index in [1.807, 2.05) is 24.3 Å². The third kappa shape index (κ3) is 6.36. The van der Waals surface area contributed by atoms with Crippen LogP contribution in [-0.4, -0.2) is 78.0 Å². The summed E-state index contributed by atoms with van der Waals surface area (Å²) < 4.78 is 5.69. The number of nitrogens with one attached hydrogen (secondary N) is 1. The number of hydrogen-bond acceptors (Lipinski definition) is 5. The molecule has 9 heteroatoms. The minimum atomic E-state index is -0.737. The van der Waals surface area contributed by atoms with Crippen molar-refractivity contribution >= 4 is 29.3 Å². The zero-order valence-electron chi connectivity index (χ0n) is 25.7. The predicted octanol–water partition coefficient (Wildman–Crippen LogP) is 4.35. The second-order valence-electron chi connectivity index (χ2n) is 14.4. The zero-order valence-corrected chi connectivity index (χ0v) is 26.5. The number of primary amides is 1. The first-order chi connectivity index (χ1) is 19.9. The average Bonchev–Trinajstić information content (AvgIpc) is 3.59. The van der Waals surface area contributed by atoms with Gasteiger partial charge in [0.15, 0.2) is 0 Å². The first kappa shape index (κ1) is 31.3. The molecule has 3 amide bonds. The van der Waals surface area contributed by atoms with E-state index in [4.69, 9.17) is 22.1 Å². The second kappa shape index (κ2) is 12.4. The molecule has 42 heavy (non-hydrogen) atoms. The molecule has 1 saturated carbocycles. The van der Waals surface area contributed by atoms with Crippen molar-refractivity contribution < 1.29 is 19.1 Å². The molecule has 5 rings (SSSR count). The number of nitrogens with zero attached hydrogens (tertiary/aromatic N) is 2. The topological polar surface area (TPSA) is 105 Å². The predicted molar refractivity (Wildman–Crippen MR) is 164 cm³/mol. The van der Waals surface area contributed by atoms with Gasteiger partial charge in [-0.3, -0.25) is 19.3 Å². The Bertz CT molecular complexity index is 1140. The molecule has 0 spiro atoms. The van der Waals surface area contributed by atoms with Crippen molar-refractivity contribution in [3.8, 4) is 0 Å². The second-order valence-corrected chi connectivity index (χ2v) is 14.8. The van der Waals surface area contributed by atoms with Gasteiger partial charge < -0.3 is 20.7 Å². The van der Waals surface area contributed by atoms with Crippen molar-refractivity contribution in [3.05, 3.63) is 34.9 Å². The van der Waals surface area contributed by atoms with Gasteiger partial charge in [0.1, 0.15) is 6.04 Å². The van der Waals surface area contributed by atoms with Crippen molar-refractivity contribution in [2.24, 2.45) is 28.9 Å². The minimum Gasteiger partial charge on any atom is -0.381 e. The van der Waals surface area contributed by atoms with E-state index in [2.05, 4.69) is 37.9 Å². The van der Waals surface area contributed by atoms with E-state index in [-0.39, 0.29) is 35.2 Å². The molecule has 4 fully saturated rings. The molecule has 4 aliphatic rings. The first-order valence-electron chi connectivity index (χ1n) is 15.9. The number of halogens is 1.